The Bertz CT molecular complexity index is 1150. The van der Waals surface area contributed by atoms with Gasteiger partial charge in [0.2, 0.25) is 0 Å². The van der Waals surface area contributed by atoms with Crippen molar-refractivity contribution in [2.24, 2.45) is 5.92 Å². The third kappa shape index (κ3) is 3.82. The molecule has 0 radical (unpaired) electrons. The van der Waals surface area contributed by atoms with E-state index in [-0.39, 0.29) is 11.8 Å². The first-order chi connectivity index (χ1) is 15.6. The summed E-state index contributed by atoms with van der Waals surface area (Å²) in [6, 6.07) is 20.4. The van der Waals surface area contributed by atoms with Crippen LogP contribution in [0, 0.1) is 5.92 Å². The number of para-hydroxylation sites is 1. The molecular weight excluding hydrogens is 420 g/mol. The molecule has 3 aromatic rings. The zero-order valence-corrected chi connectivity index (χ0v) is 18.7. The molecule has 1 unspecified atom stereocenters. The lowest BCUT2D eigenvalue weighted by Gasteiger charge is -2.33. The normalized spacial score (nSPS) is 19.1. The third-order valence-corrected chi connectivity index (χ3v) is 6.76. The SMILES string of the molecule is CC1CCCN(C2=C(c3cccs3)C(=O)N(c3ccc(Oc4ccccc4)cc3)C2=O)C1. The van der Waals surface area contributed by atoms with Crippen molar-refractivity contribution in [1.82, 2.24) is 4.90 Å². The number of amides is 2. The Hall–Kier alpha value is -3.38. The molecule has 2 aliphatic rings. The van der Waals surface area contributed by atoms with E-state index in [4.69, 9.17) is 4.74 Å². The molecule has 1 atom stereocenters. The van der Waals surface area contributed by atoms with Crippen LogP contribution in [0.3, 0.4) is 0 Å². The molecule has 5 nitrogen and oxygen atoms in total. The number of anilines is 1. The van der Waals surface area contributed by atoms with Crippen LogP contribution < -0.4 is 9.64 Å². The molecule has 0 N–H and O–H groups in total. The van der Waals surface area contributed by atoms with E-state index in [2.05, 4.69) is 11.8 Å². The minimum absolute atomic E-state index is 0.246. The molecule has 32 heavy (non-hydrogen) atoms. The molecule has 2 aromatic carbocycles. The van der Waals surface area contributed by atoms with Gasteiger partial charge in [-0.25, -0.2) is 4.90 Å². The molecule has 0 aliphatic carbocycles. The van der Waals surface area contributed by atoms with Gasteiger partial charge in [0.25, 0.3) is 11.8 Å². The van der Waals surface area contributed by atoms with Crippen LogP contribution in [0.25, 0.3) is 5.57 Å². The molecule has 2 aliphatic heterocycles. The maximum atomic E-state index is 13.6. The first kappa shape index (κ1) is 20.5. The molecule has 162 valence electrons. The summed E-state index contributed by atoms with van der Waals surface area (Å²) in [7, 11) is 0. The standard InChI is InChI=1S/C26H24N2O3S/c1-18-7-5-15-27(17-18)24-23(22-10-6-16-32-22)25(29)28(26(24)30)19-11-13-21(14-12-19)31-20-8-3-2-4-9-20/h2-4,6,8-14,16,18H,5,7,15,17H2,1H3. The highest BCUT2D eigenvalue weighted by molar-refractivity contribution is 7.11. The van der Waals surface area contributed by atoms with E-state index in [1.807, 2.05) is 47.8 Å². The Labute approximate surface area is 191 Å². The molecule has 1 saturated heterocycles. The van der Waals surface area contributed by atoms with E-state index in [1.54, 1.807) is 24.3 Å². The number of carbonyl (C=O) groups is 2. The molecule has 0 bridgehead atoms. The highest BCUT2D eigenvalue weighted by Crippen LogP contribution is 2.38. The predicted molar refractivity (Wildman–Crippen MR) is 127 cm³/mol. The van der Waals surface area contributed by atoms with Crippen molar-refractivity contribution in [3.8, 4) is 11.5 Å². The van der Waals surface area contributed by atoms with E-state index in [9.17, 15) is 9.59 Å². The molecule has 2 amide bonds. The number of likely N-dealkylation sites (tertiary alicyclic amines) is 1. The number of ether oxygens (including phenoxy) is 1. The number of piperidine rings is 1. The average molecular weight is 445 g/mol. The van der Waals surface area contributed by atoms with E-state index in [0.29, 0.717) is 28.6 Å². The number of hydrogen-bond acceptors (Lipinski definition) is 5. The molecule has 0 spiro atoms. The maximum absolute atomic E-state index is 13.6. The first-order valence-electron chi connectivity index (χ1n) is 10.9. The maximum Gasteiger partial charge on any atom is 0.282 e. The number of rotatable bonds is 5. The van der Waals surface area contributed by atoms with Crippen molar-refractivity contribution in [2.45, 2.75) is 19.8 Å². The van der Waals surface area contributed by atoms with Crippen molar-refractivity contribution in [1.29, 1.82) is 0 Å². The van der Waals surface area contributed by atoms with Crippen LogP contribution in [0.15, 0.2) is 77.8 Å². The van der Waals surface area contributed by atoms with Gasteiger partial charge in [0.05, 0.1) is 11.3 Å². The fraction of sp³-hybridized carbons (Fsp3) is 0.231. The second-order valence-corrected chi connectivity index (χ2v) is 9.20. The van der Waals surface area contributed by atoms with E-state index in [1.165, 1.54) is 16.2 Å². The van der Waals surface area contributed by atoms with E-state index in [0.717, 1.165) is 36.6 Å². The first-order valence-corrected chi connectivity index (χ1v) is 11.7. The van der Waals surface area contributed by atoms with Gasteiger partial charge in [-0.15, -0.1) is 11.3 Å². The van der Waals surface area contributed by atoms with Crippen LogP contribution in [-0.4, -0.2) is 29.8 Å². The Morgan fingerprint density at radius 2 is 1.66 bits per heavy atom. The summed E-state index contributed by atoms with van der Waals surface area (Å²) in [4.78, 5) is 31.3. The van der Waals surface area contributed by atoms with Gasteiger partial charge in [0.15, 0.2) is 0 Å². The Kier molecular flexibility index (Phi) is 5.53. The molecule has 1 aromatic heterocycles. The van der Waals surface area contributed by atoms with Crippen molar-refractivity contribution in [3.05, 3.63) is 82.7 Å². The van der Waals surface area contributed by atoms with Crippen molar-refractivity contribution < 1.29 is 14.3 Å². The minimum atomic E-state index is -0.262. The van der Waals surface area contributed by atoms with Gasteiger partial charge in [-0.1, -0.05) is 31.2 Å². The second-order valence-electron chi connectivity index (χ2n) is 8.25. The summed E-state index contributed by atoms with van der Waals surface area (Å²) in [6.07, 6.45) is 2.17. The topological polar surface area (TPSA) is 49.9 Å². The average Bonchev–Trinajstić information content (AvgIpc) is 3.41. The molecule has 1 fully saturated rings. The summed E-state index contributed by atoms with van der Waals surface area (Å²) in [5.74, 6) is 1.37. The number of hydrogen-bond donors (Lipinski definition) is 0. The van der Waals surface area contributed by atoms with Gasteiger partial charge in [0.1, 0.15) is 17.2 Å². The largest absolute Gasteiger partial charge is 0.457 e. The quantitative estimate of drug-likeness (QED) is 0.484. The fourth-order valence-corrected chi connectivity index (χ4v) is 5.13. The zero-order chi connectivity index (χ0) is 22.1. The molecule has 6 heteroatoms. The highest BCUT2D eigenvalue weighted by atomic mass is 32.1. The third-order valence-electron chi connectivity index (χ3n) is 5.87. The minimum Gasteiger partial charge on any atom is -0.457 e. The van der Waals surface area contributed by atoms with Crippen molar-refractivity contribution in [2.75, 3.05) is 18.0 Å². The van der Waals surface area contributed by atoms with Gasteiger partial charge in [-0.3, -0.25) is 9.59 Å². The summed E-state index contributed by atoms with van der Waals surface area (Å²) < 4.78 is 5.85. The van der Waals surface area contributed by atoms with E-state index >= 15 is 0 Å². The molecular formula is C26H24N2O3S. The van der Waals surface area contributed by atoms with Crippen LogP contribution >= 0.6 is 11.3 Å². The molecule has 0 saturated carbocycles. The lowest BCUT2D eigenvalue weighted by molar-refractivity contribution is -0.120. The van der Waals surface area contributed by atoms with Gasteiger partial charge >= 0.3 is 0 Å². The molecule has 3 heterocycles. The van der Waals surface area contributed by atoms with Crippen LogP contribution in [0.4, 0.5) is 5.69 Å². The van der Waals surface area contributed by atoms with Crippen molar-refractivity contribution >= 4 is 34.4 Å². The Morgan fingerprint density at radius 1 is 0.906 bits per heavy atom. The highest BCUT2D eigenvalue weighted by Gasteiger charge is 2.43. The number of benzene rings is 2. The number of thiophene rings is 1. The lowest BCUT2D eigenvalue weighted by Crippen LogP contribution is -2.39. The Balaban J connectivity index is 1.46. The summed E-state index contributed by atoms with van der Waals surface area (Å²) >= 11 is 1.49. The monoisotopic (exact) mass is 444 g/mol. The second kappa shape index (κ2) is 8.63. The van der Waals surface area contributed by atoms with E-state index < -0.39 is 0 Å². The van der Waals surface area contributed by atoms with Crippen LogP contribution in [0.2, 0.25) is 0 Å². The van der Waals surface area contributed by atoms with Crippen LogP contribution in [0.1, 0.15) is 24.6 Å². The zero-order valence-electron chi connectivity index (χ0n) is 17.9. The summed E-state index contributed by atoms with van der Waals surface area (Å²) in [5.41, 5.74) is 1.60. The van der Waals surface area contributed by atoms with Gasteiger partial charge in [0, 0.05) is 18.0 Å². The number of imide groups is 1. The lowest BCUT2D eigenvalue weighted by atomic mass is 9.99. The smallest absolute Gasteiger partial charge is 0.282 e. The van der Waals surface area contributed by atoms with Gasteiger partial charge < -0.3 is 9.64 Å². The van der Waals surface area contributed by atoms with Crippen LogP contribution in [-0.2, 0) is 9.59 Å². The van der Waals surface area contributed by atoms with Gasteiger partial charge in [-0.2, -0.15) is 0 Å². The number of carbonyl (C=O) groups excluding carboxylic acids is 2. The number of nitrogens with zero attached hydrogens (tertiary/aromatic N) is 2. The summed E-state index contributed by atoms with van der Waals surface area (Å²) in [5, 5.41) is 1.94. The van der Waals surface area contributed by atoms with Crippen molar-refractivity contribution in [3.63, 3.8) is 0 Å². The predicted octanol–water partition coefficient (Wildman–Crippen LogP) is 5.56. The van der Waals surface area contributed by atoms with Gasteiger partial charge in [-0.05, 0) is 66.6 Å². The Morgan fingerprint density at radius 3 is 2.34 bits per heavy atom. The molecule has 5 rings (SSSR count). The summed E-state index contributed by atoms with van der Waals surface area (Å²) in [6.45, 7) is 3.79. The fourth-order valence-electron chi connectivity index (χ4n) is 4.37. The van der Waals surface area contributed by atoms with Crippen LogP contribution in [0.5, 0.6) is 11.5 Å².